The fourth-order valence-electron chi connectivity index (χ4n) is 1.74. The topological polar surface area (TPSA) is 52.7 Å². The van der Waals surface area contributed by atoms with Gasteiger partial charge in [-0.3, -0.25) is 0 Å². The molecule has 110 valence electrons. The molecule has 0 saturated carbocycles. The molecule has 0 aliphatic rings. The van der Waals surface area contributed by atoms with Gasteiger partial charge in [0, 0.05) is 13.1 Å². The lowest BCUT2D eigenvalue weighted by molar-refractivity contribution is 0.356. The number of rotatable bonds is 11. The second-order valence-corrected chi connectivity index (χ2v) is 6.76. The molecule has 0 aliphatic carbocycles. The molecule has 0 heterocycles. The highest BCUT2D eigenvalue weighted by atomic mass is 32.2. The van der Waals surface area contributed by atoms with Crippen LogP contribution in [0.1, 0.15) is 26.7 Å². The van der Waals surface area contributed by atoms with E-state index in [-0.39, 0.29) is 5.75 Å². The highest BCUT2D eigenvalue weighted by Crippen LogP contribution is 2.04. The van der Waals surface area contributed by atoms with Crippen LogP contribution in [-0.2, 0) is 10.0 Å². The molecule has 0 aliphatic heterocycles. The zero-order valence-corrected chi connectivity index (χ0v) is 13.1. The Morgan fingerprint density at radius 3 is 2.22 bits per heavy atom. The van der Waals surface area contributed by atoms with E-state index in [2.05, 4.69) is 10.2 Å². The van der Waals surface area contributed by atoms with Crippen LogP contribution in [0.2, 0.25) is 0 Å². The van der Waals surface area contributed by atoms with E-state index in [1.165, 1.54) is 0 Å². The fraction of sp³-hybridized carbons (Fsp3) is 1.00. The van der Waals surface area contributed by atoms with Gasteiger partial charge in [-0.25, -0.2) is 12.7 Å². The van der Waals surface area contributed by atoms with Gasteiger partial charge in [-0.15, -0.1) is 0 Å². The van der Waals surface area contributed by atoms with Crippen molar-refractivity contribution >= 4 is 10.0 Å². The van der Waals surface area contributed by atoms with E-state index in [1.54, 1.807) is 4.31 Å². The minimum absolute atomic E-state index is 0.246. The average molecular weight is 279 g/mol. The molecule has 0 rings (SSSR count). The second kappa shape index (κ2) is 9.72. The highest BCUT2D eigenvalue weighted by Gasteiger charge is 2.19. The van der Waals surface area contributed by atoms with Gasteiger partial charge in [0.05, 0.1) is 5.75 Å². The Hall–Kier alpha value is -0.170. The van der Waals surface area contributed by atoms with Crippen molar-refractivity contribution in [3.05, 3.63) is 0 Å². The van der Waals surface area contributed by atoms with Crippen molar-refractivity contribution in [3.63, 3.8) is 0 Å². The Morgan fingerprint density at radius 1 is 1.06 bits per heavy atom. The van der Waals surface area contributed by atoms with Crippen molar-refractivity contribution in [2.24, 2.45) is 0 Å². The molecule has 0 aromatic heterocycles. The van der Waals surface area contributed by atoms with Crippen LogP contribution in [0.3, 0.4) is 0 Å². The van der Waals surface area contributed by atoms with Crippen molar-refractivity contribution in [1.29, 1.82) is 0 Å². The standard InChI is InChI=1S/C12H29N3O2S/c1-5-13-9-7-12-18(16,17)15(6-2)11-8-10-14(3)4/h13H,5-12H2,1-4H3. The zero-order valence-electron chi connectivity index (χ0n) is 12.3. The quantitative estimate of drug-likeness (QED) is 0.563. The van der Waals surface area contributed by atoms with Crippen LogP contribution < -0.4 is 5.32 Å². The SMILES string of the molecule is CCNCCCS(=O)(=O)N(CC)CCCN(C)C. The highest BCUT2D eigenvalue weighted by molar-refractivity contribution is 7.89. The maximum absolute atomic E-state index is 12.1. The minimum Gasteiger partial charge on any atom is -0.317 e. The third kappa shape index (κ3) is 8.02. The second-order valence-electron chi connectivity index (χ2n) is 4.67. The Morgan fingerprint density at radius 2 is 1.72 bits per heavy atom. The van der Waals surface area contributed by atoms with E-state index in [1.807, 2.05) is 27.9 Å². The normalized spacial score (nSPS) is 12.6. The van der Waals surface area contributed by atoms with Crippen molar-refractivity contribution in [1.82, 2.24) is 14.5 Å². The zero-order chi connectivity index (χ0) is 14.0. The van der Waals surface area contributed by atoms with E-state index in [4.69, 9.17) is 0 Å². The van der Waals surface area contributed by atoms with Gasteiger partial charge in [0.2, 0.25) is 10.0 Å². The minimum atomic E-state index is -3.08. The molecule has 0 bridgehead atoms. The first-order chi connectivity index (χ1) is 8.44. The van der Waals surface area contributed by atoms with Crippen molar-refractivity contribution in [2.45, 2.75) is 26.7 Å². The lowest BCUT2D eigenvalue weighted by Crippen LogP contribution is -2.35. The maximum atomic E-state index is 12.1. The van der Waals surface area contributed by atoms with Gasteiger partial charge in [-0.1, -0.05) is 13.8 Å². The molecule has 0 spiro atoms. The molecule has 18 heavy (non-hydrogen) atoms. The van der Waals surface area contributed by atoms with Gasteiger partial charge in [0.1, 0.15) is 0 Å². The van der Waals surface area contributed by atoms with Gasteiger partial charge in [0.25, 0.3) is 0 Å². The Balaban J connectivity index is 4.09. The molecule has 0 fully saturated rings. The Bertz CT molecular complexity index is 292. The number of hydrogen-bond donors (Lipinski definition) is 1. The van der Waals surface area contributed by atoms with Gasteiger partial charge in [-0.2, -0.15) is 0 Å². The van der Waals surface area contributed by atoms with Gasteiger partial charge in [0.15, 0.2) is 0 Å². The van der Waals surface area contributed by atoms with E-state index < -0.39 is 10.0 Å². The summed E-state index contributed by atoms with van der Waals surface area (Å²) in [4.78, 5) is 2.08. The number of nitrogens with one attached hydrogen (secondary N) is 1. The summed E-state index contributed by atoms with van der Waals surface area (Å²) in [5, 5.41) is 3.15. The summed E-state index contributed by atoms with van der Waals surface area (Å²) in [7, 11) is 0.926. The molecule has 0 radical (unpaired) electrons. The predicted octanol–water partition coefficient (Wildman–Crippen LogP) is 0.589. The van der Waals surface area contributed by atoms with Crippen molar-refractivity contribution in [3.8, 4) is 0 Å². The molecule has 5 nitrogen and oxygen atoms in total. The molecule has 1 N–H and O–H groups in total. The first-order valence-corrected chi connectivity index (χ1v) is 8.38. The third-order valence-corrected chi connectivity index (χ3v) is 4.80. The van der Waals surface area contributed by atoms with Crippen LogP contribution in [0.25, 0.3) is 0 Å². The summed E-state index contributed by atoms with van der Waals surface area (Å²) in [5.41, 5.74) is 0. The molecule has 0 saturated heterocycles. The van der Waals surface area contributed by atoms with Crippen LogP contribution in [0, 0.1) is 0 Å². The third-order valence-electron chi connectivity index (χ3n) is 2.76. The number of hydrogen-bond acceptors (Lipinski definition) is 4. The molecule has 0 amide bonds. The van der Waals surface area contributed by atoms with E-state index in [9.17, 15) is 8.42 Å². The molecule has 0 atom stereocenters. The lowest BCUT2D eigenvalue weighted by Gasteiger charge is -2.21. The van der Waals surface area contributed by atoms with Crippen molar-refractivity contribution < 1.29 is 8.42 Å². The summed E-state index contributed by atoms with van der Waals surface area (Å²) in [5.74, 6) is 0.246. The van der Waals surface area contributed by atoms with E-state index in [0.717, 1.165) is 26.1 Å². The Labute approximate surface area is 113 Å². The van der Waals surface area contributed by atoms with E-state index in [0.29, 0.717) is 19.5 Å². The van der Waals surface area contributed by atoms with Crippen LogP contribution in [0.4, 0.5) is 0 Å². The van der Waals surface area contributed by atoms with Gasteiger partial charge >= 0.3 is 0 Å². The number of sulfonamides is 1. The van der Waals surface area contributed by atoms with E-state index >= 15 is 0 Å². The largest absolute Gasteiger partial charge is 0.317 e. The van der Waals surface area contributed by atoms with Crippen LogP contribution >= 0.6 is 0 Å². The molecule has 0 aromatic rings. The van der Waals surface area contributed by atoms with Gasteiger partial charge in [-0.05, 0) is 46.6 Å². The summed E-state index contributed by atoms with van der Waals surface area (Å²) in [6, 6.07) is 0. The smallest absolute Gasteiger partial charge is 0.214 e. The molecular formula is C12H29N3O2S. The summed E-state index contributed by atoms with van der Waals surface area (Å²) in [6.45, 7) is 7.69. The maximum Gasteiger partial charge on any atom is 0.214 e. The molecular weight excluding hydrogens is 250 g/mol. The molecule has 0 unspecified atom stereocenters. The molecule has 0 aromatic carbocycles. The first kappa shape index (κ1) is 17.8. The lowest BCUT2D eigenvalue weighted by atomic mass is 10.4. The summed E-state index contributed by atoms with van der Waals surface area (Å²) in [6.07, 6.45) is 1.56. The number of nitrogens with zero attached hydrogens (tertiary/aromatic N) is 2. The fourth-order valence-corrected chi connectivity index (χ4v) is 3.31. The van der Waals surface area contributed by atoms with Crippen LogP contribution in [0.5, 0.6) is 0 Å². The van der Waals surface area contributed by atoms with Gasteiger partial charge < -0.3 is 10.2 Å². The summed E-state index contributed by atoms with van der Waals surface area (Å²) < 4.78 is 25.8. The van der Waals surface area contributed by atoms with Crippen molar-refractivity contribution in [2.75, 3.05) is 52.6 Å². The Kier molecular flexibility index (Phi) is 9.63. The average Bonchev–Trinajstić information content (AvgIpc) is 2.29. The van der Waals surface area contributed by atoms with Crippen LogP contribution in [-0.4, -0.2) is 70.2 Å². The predicted molar refractivity (Wildman–Crippen MR) is 77.4 cm³/mol. The molecule has 6 heteroatoms. The first-order valence-electron chi connectivity index (χ1n) is 6.77. The summed E-state index contributed by atoms with van der Waals surface area (Å²) >= 11 is 0. The monoisotopic (exact) mass is 279 g/mol. The van der Waals surface area contributed by atoms with Crippen LogP contribution in [0.15, 0.2) is 0 Å².